The van der Waals surface area contributed by atoms with E-state index in [-0.39, 0.29) is 0 Å². The van der Waals surface area contributed by atoms with Gasteiger partial charge in [0.2, 0.25) is 0 Å². The van der Waals surface area contributed by atoms with Crippen LogP contribution in [0, 0.1) is 5.92 Å². The fourth-order valence-electron chi connectivity index (χ4n) is 3.48. The van der Waals surface area contributed by atoms with Crippen LogP contribution in [0.1, 0.15) is 42.9 Å². The largest absolute Gasteiger partial charge is 0.373 e. The van der Waals surface area contributed by atoms with Crippen molar-refractivity contribution in [3.63, 3.8) is 0 Å². The molecule has 1 fully saturated rings. The molecule has 0 amide bonds. The van der Waals surface area contributed by atoms with Crippen LogP contribution in [0.4, 0.5) is 0 Å². The van der Waals surface area contributed by atoms with Crippen molar-refractivity contribution in [1.82, 2.24) is 5.32 Å². The van der Waals surface area contributed by atoms with E-state index in [0.717, 1.165) is 6.61 Å². The van der Waals surface area contributed by atoms with Crippen molar-refractivity contribution in [2.75, 3.05) is 7.05 Å². The lowest BCUT2D eigenvalue weighted by molar-refractivity contribution is -0.0241. The van der Waals surface area contributed by atoms with E-state index in [1.807, 2.05) is 0 Å². The van der Waals surface area contributed by atoms with Gasteiger partial charge in [0.15, 0.2) is 0 Å². The highest BCUT2D eigenvalue weighted by Gasteiger charge is 2.35. The van der Waals surface area contributed by atoms with Crippen LogP contribution in [0.3, 0.4) is 0 Å². The molecule has 3 atom stereocenters. The third kappa shape index (κ3) is 2.00. The molecule has 0 radical (unpaired) electrons. The zero-order valence-corrected chi connectivity index (χ0v) is 10.5. The van der Waals surface area contributed by atoms with E-state index in [0.29, 0.717) is 18.1 Å². The Morgan fingerprint density at radius 1 is 1.18 bits per heavy atom. The molecule has 1 aromatic rings. The molecule has 1 aliphatic carbocycles. The molecule has 1 aromatic carbocycles. The Bertz CT molecular complexity index is 390. The molecular weight excluding hydrogens is 210 g/mol. The highest BCUT2D eigenvalue weighted by Crippen LogP contribution is 2.40. The van der Waals surface area contributed by atoms with Gasteiger partial charge in [0.05, 0.1) is 12.7 Å². The molecular formula is C15H21NO. The highest BCUT2D eigenvalue weighted by molar-refractivity contribution is 5.31. The van der Waals surface area contributed by atoms with E-state index in [9.17, 15) is 0 Å². The van der Waals surface area contributed by atoms with E-state index < -0.39 is 0 Å². The van der Waals surface area contributed by atoms with Crippen molar-refractivity contribution in [1.29, 1.82) is 0 Å². The molecule has 2 nitrogen and oxygen atoms in total. The van der Waals surface area contributed by atoms with Crippen LogP contribution in [-0.2, 0) is 11.3 Å². The van der Waals surface area contributed by atoms with Crippen LogP contribution in [0.15, 0.2) is 24.3 Å². The average molecular weight is 231 g/mol. The number of benzene rings is 1. The van der Waals surface area contributed by atoms with Gasteiger partial charge in [-0.15, -0.1) is 0 Å². The molecule has 1 heterocycles. The maximum Gasteiger partial charge on any atom is 0.0724 e. The average Bonchev–Trinajstić information content (AvgIpc) is 2.55. The first kappa shape index (κ1) is 11.2. The highest BCUT2D eigenvalue weighted by atomic mass is 16.5. The van der Waals surface area contributed by atoms with Gasteiger partial charge in [0.25, 0.3) is 0 Å². The van der Waals surface area contributed by atoms with Gasteiger partial charge >= 0.3 is 0 Å². The topological polar surface area (TPSA) is 21.3 Å². The monoisotopic (exact) mass is 231 g/mol. The molecule has 3 rings (SSSR count). The first-order valence-corrected chi connectivity index (χ1v) is 6.77. The van der Waals surface area contributed by atoms with Crippen molar-refractivity contribution >= 4 is 0 Å². The minimum absolute atomic E-state index is 0.452. The molecule has 1 saturated carbocycles. The van der Waals surface area contributed by atoms with Gasteiger partial charge in [-0.2, -0.15) is 0 Å². The zero-order valence-electron chi connectivity index (χ0n) is 10.5. The number of rotatable bonds is 1. The summed E-state index contributed by atoms with van der Waals surface area (Å²) in [5.41, 5.74) is 2.81. The third-order valence-corrected chi connectivity index (χ3v) is 4.34. The third-order valence-electron chi connectivity index (χ3n) is 4.34. The van der Waals surface area contributed by atoms with Crippen LogP contribution in [-0.4, -0.2) is 13.2 Å². The predicted molar refractivity (Wildman–Crippen MR) is 68.8 cm³/mol. The second-order valence-corrected chi connectivity index (χ2v) is 5.26. The van der Waals surface area contributed by atoms with Gasteiger partial charge in [-0.25, -0.2) is 0 Å². The van der Waals surface area contributed by atoms with Gasteiger partial charge in [-0.1, -0.05) is 37.1 Å². The van der Waals surface area contributed by atoms with Gasteiger partial charge < -0.3 is 10.1 Å². The fraction of sp³-hybridized carbons (Fsp3) is 0.600. The first-order valence-electron chi connectivity index (χ1n) is 6.77. The SMILES string of the molecule is CNC1c2ccccc2COC2CCCCC21. The van der Waals surface area contributed by atoms with Crippen molar-refractivity contribution in [3.8, 4) is 0 Å². The van der Waals surface area contributed by atoms with Crippen LogP contribution < -0.4 is 5.32 Å². The lowest BCUT2D eigenvalue weighted by Crippen LogP contribution is -2.35. The number of hydrogen-bond donors (Lipinski definition) is 1. The Balaban J connectivity index is 1.98. The van der Waals surface area contributed by atoms with Crippen molar-refractivity contribution in [3.05, 3.63) is 35.4 Å². The summed E-state index contributed by atoms with van der Waals surface area (Å²) < 4.78 is 6.13. The van der Waals surface area contributed by atoms with E-state index in [2.05, 4.69) is 36.6 Å². The first-order chi connectivity index (χ1) is 8.40. The normalized spacial score (nSPS) is 32.4. The molecule has 1 N–H and O–H groups in total. The van der Waals surface area contributed by atoms with Gasteiger partial charge in [0, 0.05) is 12.0 Å². The summed E-state index contributed by atoms with van der Waals surface area (Å²) in [5, 5.41) is 3.52. The van der Waals surface area contributed by atoms with Crippen LogP contribution in [0.2, 0.25) is 0 Å². The molecule has 0 spiro atoms. The minimum Gasteiger partial charge on any atom is -0.373 e. The summed E-state index contributed by atoms with van der Waals surface area (Å²) in [6.45, 7) is 0.787. The van der Waals surface area contributed by atoms with Crippen LogP contribution in [0.5, 0.6) is 0 Å². The molecule has 17 heavy (non-hydrogen) atoms. The molecule has 0 bridgehead atoms. The van der Waals surface area contributed by atoms with Gasteiger partial charge in [-0.05, 0) is 31.0 Å². The van der Waals surface area contributed by atoms with E-state index in [4.69, 9.17) is 4.74 Å². The van der Waals surface area contributed by atoms with Gasteiger partial charge in [0.1, 0.15) is 0 Å². The minimum atomic E-state index is 0.452. The number of ether oxygens (including phenoxy) is 1. The molecule has 1 aliphatic heterocycles. The quantitative estimate of drug-likeness (QED) is 0.802. The van der Waals surface area contributed by atoms with Crippen molar-refractivity contribution in [2.45, 2.75) is 44.4 Å². The Hall–Kier alpha value is -0.860. The summed E-state index contributed by atoms with van der Waals surface area (Å²) in [6.07, 6.45) is 5.66. The smallest absolute Gasteiger partial charge is 0.0724 e. The van der Waals surface area contributed by atoms with Crippen molar-refractivity contribution in [2.24, 2.45) is 5.92 Å². The maximum absolute atomic E-state index is 6.13. The Morgan fingerprint density at radius 2 is 2.00 bits per heavy atom. The Kier molecular flexibility index (Phi) is 3.17. The van der Waals surface area contributed by atoms with Crippen molar-refractivity contribution < 1.29 is 4.74 Å². The molecule has 0 saturated heterocycles. The predicted octanol–water partition coefficient (Wildman–Crippen LogP) is 3.04. The number of hydrogen-bond acceptors (Lipinski definition) is 2. The standard InChI is InChI=1S/C15H21NO/c1-16-15-12-7-3-2-6-11(12)10-17-14-9-5-4-8-13(14)15/h2-3,6-7,13-16H,4-5,8-10H2,1H3. The molecule has 0 aromatic heterocycles. The fourth-order valence-corrected chi connectivity index (χ4v) is 3.48. The zero-order chi connectivity index (χ0) is 11.7. The summed E-state index contributed by atoms with van der Waals surface area (Å²) >= 11 is 0. The van der Waals surface area contributed by atoms with E-state index in [1.54, 1.807) is 0 Å². The number of fused-ring (bicyclic) bond motifs is 2. The molecule has 92 valence electrons. The van der Waals surface area contributed by atoms with E-state index >= 15 is 0 Å². The lowest BCUT2D eigenvalue weighted by atomic mass is 9.79. The summed E-state index contributed by atoms with van der Waals surface area (Å²) in [7, 11) is 2.08. The Morgan fingerprint density at radius 3 is 2.88 bits per heavy atom. The molecule has 2 heteroatoms. The maximum atomic E-state index is 6.13. The van der Waals surface area contributed by atoms with Crippen LogP contribution >= 0.6 is 0 Å². The summed E-state index contributed by atoms with van der Waals surface area (Å²) in [5.74, 6) is 0.650. The molecule has 3 unspecified atom stereocenters. The second kappa shape index (κ2) is 4.79. The number of nitrogens with one attached hydrogen (secondary N) is 1. The lowest BCUT2D eigenvalue weighted by Gasteiger charge is -2.35. The van der Waals surface area contributed by atoms with Gasteiger partial charge in [-0.3, -0.25) is 0 Å². The Labute approximate surface area is 103 Å². The summed E-state index contributed by atoms with van der Waals surface area (Å²) in [6, 6.07) is 9.20. The van der Waals surface area contributed by atoms with Crippen LogP contribution in [0.25, 0.3) is 0 Å². The summed E-state index contributed by atoms with van der Waals surface area (Å²) in [4.78, 5) is 0. The molecule has 2 aliphatic rings. The van der Waals surface area contributed by atoms with E-state index in [1.165, 1.54) is 36.8 Å². The second-order valence-electron chi connectivity index (χ2n) is 5.26.